The number of aromatic nitrogens is 8. The zero-order valence-electron chi connectivity index (χ0n) is 28.8. The van der Waals surface area contributed by atoms with E-state index in [0.717, 1.165) is 91.5 Å². The van der Waals surface area contributed by atoms with E-state index in [1.165, 1.54) is 30.5 Å². The highest BCUT2D eigenvalue weighted by molar-refractivity contribution is 5.78. The highest BCUT2D eigenvalue weighted by atomic mass is 19.1. The van der Waals surface area contributed by atoms with Gasteiger partial charge in [0.25, 0.3) is 0 Å². The molecule has 0 amide bonds. The van der Waals surface area contributed by atoms with Gasteiger partial charge in [-0.25, -0.2) is 33.5 Å². The summed E-state index contributed by atoms with van der Waals surface area (Å²) in [4.78, 5) is 36.2. The van der Waals surface area contributed by atoms with Crippen LogP contribution in [0.15, 0.2) is 90.5 Å². The summed E-state index contributed by atoms with van der Waals surface area (Å²) < 4.78 is 36.5. The summed E-state index contributed by atoms with van der Waals surface area (Å²) in [6.45, 7) is 6.24. The Morgan fingerprint density at radius 1 is 0.692 bits per heavy atom. The molecule has 0 atom stereocenters. The van der Waals surface area contributed by atoms with Crippen molar-refractivity contribution in [3.05, 3.63) is 108 Å². The summed E-state index contributed by atoms with van der Waals surface area (Å²) in [7, 11) is 0. The Morgan fingerprint density at radius 2 is 1.21 bits per heavy atom. The maximum Gasteiger partial charge on any atom is 0.345 e. The summed E-state index contributed by atoms with van der Waals surface area (Å²) in [5.41, 5.74) is 5.93. The van der Waals surface area contributed by atoms with Crippen molar-refractivity contribution in [1.82, 2.24) is 49.7 Å². The lowest BCUT2D eigenvalue weighted by Crippen LogP contribution is -2.29. The number of ether oxygens (including phenoxy) is 1. The van der Waals surface area contributed by atoms with Crippen LogP contribution in [0, 0.1) is 11.6 Å². The number of hydrogen-bond acceptors (Lipinski definition) is 9. The molecule has 0 radical (unpaired) electrons. The van der Waals surface area contributed by atoms with Gasteiger partial charge in [0.05, 0.1) is 53.4 Å². The Labute approximate surface area is 299 Å². The molecule has 268 valence electrons. The van der Waals surface area contributed by atoms with E-state index in [1.54, 1.807) is 36.5 Å². The van der Waals surface area contributed by atoms with Crippen LogP contribution in [0.4, 0.5) is 8.78 Å². The SMILES string of the molecule is CCOc1nccc(-c2c(-c3ccc(F)cc3)ncn2C2CCNCC2)n1.O=c1nccc(-c2c(-c3ccc(F)cc3)ncn2C2CCNCC2)[nH]1. The molecule has 3 N–H and O–H groups in total. The molecule has 4 aromatic heterocycles. The van der Waals surface area contributed by atoms with Gasteiger partial charge in [-0.2, -0.15) is 4.98 Å². The molecule has 2 aliphatic rings. The lowest BCUT2D eigenvalue weighted by atomic mass is 10.0. The van der Waals surface area contributed by atoms with Crippen LogP contribution in [0.5, 0.6) is 6.01 Å². The van der Waals surface area contributed by atoms with E-state index in [4.69, 9.17) is 4.74 Å². The zero-order valence-corrected chi connectivity index (χ0v) is 28.8. The average molecular weight is 707 g/mol. The number of nitrogens with zero attached hydrogens (tertiary/aromatic N) is 7. The van der Waals surface area contributed by atoms with Crippen LogP contribution >= 0.6 is 0 Å². The Kier molecular flexibility index (Phi) is 10.8. The van der Waals surface area contributed by atoms with E-state index in [9.17, 15) is 13.6 Å². The van der Waals surface area contributed by atoms with Crippen LogP contribution < -0.4 is 21.1 Å². The lowest BCUT2D eigenvalue weighted by molar-refractivity contribution is 0.312. The second-order valence-corrected chi connectivity index (χ2v) is 12.6. The van der Waals surface area contributed by atoms with Crippen molar-refractivity contribution in [3.63, 3.8) is 0 Å². The first-order chi connectivity index (χ1) is 25.5. The summed E-state index contributed by atoms with van der Waals surface area (Å²) in [5, 5.41) is 6.75. The van der Waals surface area contributed by atoms with Crippen LogP contribution in [0.2, 0.25) is 0 Å². The molecule has 14 heteroatoms. The summed E-state index contributed by atoms with van der Waals surface area (Å²) in [5.74, 6) is -0.556. The van der Waals surface area contributed by atoms with Crippen molar-refractivity contribution in [2.75, 3.05) is 32.8 Å². The minimum atomic E-state index is -0.402. The van der Waals surface area contributed by atoms with Gasteiger partial charge < -0.3 is 29.5 Å². The van der Waals surface area contributed by atoms with E-state index in [2.05, 4.69) is 49.7 Å². The number of benzene rings is 2. The smallest absolute Gasteiger partial charge is 0.345 e. The topological polar surface area (TPSA) is 140 Å². The van der Waals surface area contributed by atoms with Crippen molar-refractivity contribution in [1.29, 1.82) is 0 Å². The molecule has 0 spiro atoms. The van der Waals surface area contributed by atoms with E-state index in [0.29, 0.717) is 30.4 Å². The molecule has 52 heavy (non-hydrogen) atoms. The molecule has 6 aromatic rings. The van der Waals surface area contributed by atoms with E-state index >= 15 is 0 Å². The number of imidazole rings is 2. The van der Waals surface area contributed by atoms with Crippen LogP contribution in [0.3, 0.4) is 0 Å². The molecule has 12 nitrogen and oxygen atoms in total. The van der Waals surface area contributed by atoms with Crippen LogP contribution in [0.1, 0.15) is 44.7 Å². The van der Waals surface area contributed by atoms with Crippen LogP contribution in [-0.4, -0.2) is 71.8 Å². The van der Waals surface area contributed by atoms with Crippen molar-refractivity contribution in [2.45, 2.75) is 44.7 Å². The minimum Gasteiger partial charge on any atom is -0.464 e. The molecule has 6 heterocycles. The second-order valence-electron chi connectivity index (χ2n) is 12.6. The van der Waals surface area contributed by atoms with Crippen LogP contribution in [0.25, 0.3) is 45.3 Å². The maximum absolute atomic E-state index is 13.4. The second kappa shape index (κ2) is 16.2. The number of aromatic amines is 1. The highest BCUT2D eigenvalue weighted by Crippen LogP contribution is 2.36. The van der Waals surface area contributed by atoms with E-state index < -0.39 is 5.69 Å². The largest absolute Gasteiger partial charge is 0.464 e. The van der Waals surface area contributed by atoms with Gasteiger partial charge in [-0.05, 0) is 119 Å². The fourth-order valence-electron chi connectivity index (χ4n) is 6.78. The van der Waals surface area contributed by atoms with E-state index in [-0.39, 0.29) is 11.6 Å². The number of nitrogens with one attached hydrogen (secondary N) is 3. The third-order valence-electron chi connectivity index (χ3n) is 9.31. The van der Waals surface area contributed by atoms with E-state index in [1.807, 2.05) is 25.6 Å². The third kappa shape index (κ3) is 7.82. The Morgan fingerprint density at radius 3 is 1.75 bits per heavy atom. The van der Waals surface area contributed by atoms with Crippen molar-refractivity contribution in [2.24, 2.45) is 0 Å². The standard InChI is InChI=1S/C20H22FN5O.C18H18FN5O/c1-2-27-20-23-12-9-17(25-20)19-18(14-3-5-15(21)6-4-14)24-13-26(19)16-7-10-22-11-8-16;19-13-3-1-12(2-4-13)16-17(15-7-10-21-18(25)23-15)24(11-22-16)14-5-8-20-9-6-14/h3-6,9,12-13,16,22H,2,7-8,10-11H2,1H3;1-4,7,10-11,14,20H,5-6,8-9H2,(H,21,23,25). The predicted molar refractivity (Wildman–Crippen MR) is 194 cm³/mol. The zero-order chi connectivity index (χ0) is 35.9. The summed E-state index contributed by atoms with van der Waals surface area (Å²) in [6.07, 6.45) is 10.9. The maximum atomic E-state index is 13.4. The van der Waals surface area contributed by atoms with Gasteiger partial charge in [-0.1, -0.05) is 0 Å². The van der Waals surface area contributed by atoms with Crippen molar-refractivity contribution < 1.29 is 13.5 Å². The van der Waals surface area contributed by atoms with Gasteiger partial charge in [0.2, 0.25) is 0 Å². The van der Waals surface area contributed by atoms with Gasteiger partial charge in [0.15, 0.2) is 0 Å². The van der Waals surface area contributed by atoms with Crippen LogP contribution in [-0.2, 0) is 0 Å². The van der Waals surface area contributed by atoms with Crippen molar-refractivity contribution in [3.8, 4) is 51.3 Å². The number of hydrogen-bond donors (Lipinski definition) is 3. The molecule has 2 aromatic carbocycles. The molecule has 2 aliphatic heterocycles. The normalized spacial score (nSPS) is 15.2. The van der Waals surface area contributed by atoms with Gasteiger partial charge in [0, 0.05) is 35.6 Å². The molecule has 2 fully saturated rings. The summed E-state index contributed by atoms with van der Waals surface area (Å²) >= 11 is 0. The summed E-state index contributed by atoms with van der Waals surface area (Å²) in [6, 6.07) is 17.3. The highest BCUT2D eigenvalue weighted by Gasteiger charge is 2.25. The van der Waals surface area contributed by atoms with Gasteiger partial charge in [0.1, 0.15) is 11.6 Å². The quantitative estimate of drug-likeness (QED) is 0.178. The number of halogens is 2. The first-order valence-corrected chi connectivity index (χ1v) is 17.6. The molecule has 0 aliphatic carbocycles. The lowest BCUT2D eigenvalue weighted by Gasteiger charge is -2.25. The third-order valence-corrected chi connectivity index (χ3v) is 9.31. The molecule has 8 rings (SSSR count). The Balaban J connectivity index is 0.000000162. The minimum absolute atomic E-state index is 0.265. The Hall–Kier alpha value is -5.60. The molecule has 0 bridgehead atoms. The molecular formula is C38H40F2N10O2. The Bertz CT molecular complexity index is 2130. The monoisotopic (exact) mass is 706 g/mol. The fraction of sp³-hybridized carbons (Fsp3) is 0.316. The molecule has 2 saturated heterocycles. The average Bonchev–Trinajstić information content (AvgIpc) is 3.83. The number of piperidine rings is 2. The van der Waals surface area contributed by atoms with Gasteiger partial charge >= 0.3 is 11.7 Å². The fourth-order valence-corrected chi connectivity index (χ4v) is 6.78. The molecule has 0 unspecified atom stereocenters. The van der Waals surface area contributed by atoms with Crippen molar-refractivity contribution >= 4 is 0 Å². The number of H-pyrrole nitrogens is 1. The molecule has 0 saturated carbocycles. The van der Waals surface area contributed by atoms with Gasteiger partial charge in [-0.3, -0.25) is 0 Å². The molecular weight excluding hydrogens is 666 g/mol. The van der Waals surface area contributed by atoms with Gasteiger partial charge in [-0.15, -0.1) is 0 Å². The predicted octanol–water partition coefficient (Wildman–Crippen LogP) is 5.83. The number of rotatable bonds is 8. The first-order valence-electron chi connectivity index (χ1n) is 17.6. The first kappa shape index (κ1) is 34.8.